The SMILES string of the molecule is COc1cccc(CNC(=O)c2cc(-c3nnn(CC4CCC[C@@H](NC(=O)OC(C)(C)C)C4)n3)cc(C)n2)c1. The summed E-state index contributed by atoms with van der Waals surface area (Å²) in [6.07, 6.45) is 3.39. The fourth-order valence-corrected chi connectivity index (χ4v) is 4.70. The number of pyridine rings is 1. The molecule has 0 saturated heterocycles. The minimum atomic E-state index is -0.527. The first-order chi connectivity index (χ1) is 18.6. The molecule has 11 nitrogen and oxygen atoms in total. The van der Waals surface area contributed by atoms with Crippen LogP contribution in [0.1, 0.15) is 68.2 Å². The van der Waals surface area contributed by atoms with Crippen molar-refractivity contribution < 1.29 is 19.1 Å². The van der Waals surface area contributed by atoms with Crippen LogP contribution in [-0.4, -0.2) is 55.9 Å². The summed E-state index contributed by atoms with van der Waals surface area (Å²) in [5, 5.41) is 19.0. The van der Waals surface area contributed by atoms with Gasteiger partial charge in [0.2, 0.25) is 5.82 Å². The highest BCUT2D eigenvalue weighted by molar-refractivity contribution is 5.93. The van der Waals surface area contributed by atoms with Gasteiger partial charge in [-0.2, -0.15) is 4.80 Å². The number of tetrazole rings is 1. The number of methoxy groups -OCH3 is 1. The molecule has 11 heteroatoms. The lowest BCUT2D eigenvalue weighted by Crippen LogP contribution is -2.42. The largest absolute Gasteiger partial charge is 0.497 e. The molecule has 2 aromatic heterocycles. The van der Waals surface area contributed by atoms with Crippen LogP contribution in [0.4, 0.5) is 4.79 Å². The quantitative estimate of drug-likeness (QED) is 0.441. The van der Waals surface area contributed by atoms with Crippen LogP contribution in [0.15, 0.2) is 36.4 Å². The van der Waals surface area contributed by atoms with E-state index >= 15 is 0 Å². The molecule has 1 aliphatic rings. The van der Waals surface area contributed by atoms with Crippen molar-refractivity contribution in [2.45, 2.75) is 78.1 Å². The van der Waals surface area contributed by atoms with E-state index in [-0.39, 0.29) is 23.7 Å². The topological polar surface area (TPSA) is 133 Å². The Labute approximate surface area is 228 Å². The van der Waals surface area contributed by atoms with Gasteiger partial charge in [-0.05, 0) is 87.9 Å². The van der Waals surface area contributed by atoms with E-state index in [0.29, 0.717) is 36.1 Å². The molecule has 1 fully saturated rings. The summed E-state index contributed by atoms with van der Waals surface area (Å²) in [5.41, 5.74) is 2.03. The molecule has 39 heavy (non-hydrogen) atoms. The molecule has 0 bridgehead atoms. The third-order valence-corrected chi connectivity index (χ3v) is 6.41. The highest BCUT2D eigenvalue weighted by Gasteiger charge is 2.26. The molecule has 208 valence electrons. The molecule has 2 amide bonds. The zero-order chi connectivity index (χ0) is 28.0. The number of carbonyl (C=O) groups is 2. The fourth-order valence-electron chi connectivity index (χ4n) is 4.70. The van der Waals surface area contributed by atoms with Crippen LogP contribution in [0.3, 0.4) is 0 Å². The number of aryl methyl sites for hydroxylation is 1. The van der Waals surface area contributed by atoms with Gasteiger partial charge < -0.3 is 20.1 Å². The van der Waals surface area contributed by atoms with Crippen molar-refractivity contribution in [3.8, 4) is 17.1 Å². The van der Waals surface area contributed by atoms with Crippen molar-refractivity contribution >= 4 is 12.0 Å². The lowest BCUT2D eigenvalue weighted by Gasteiger charge is -2.30. The predicted molar refractivity (Wildman–Crippen MR) is 145 cm³/mol. The molecule has 0 radical (unpaired) electrons. The Morgan fingerprint density at radius 3 is 2.74 bits per heavy atom. The molecule has 3 aromatic rings. The predicted octanol–water partition coefficient (Wildman–Crippen LogP) is 4.07. The van der Waals surface area contributed by atoms with E-state index in [0.717, 1.165) is 37.0 Å². The summed E-state index contributed by atoms with van der Waals surface area (Å²) >= 11 is 0. The second-order valence-electron chi connectivity index (χ2n) is 11.0. The van der Waals surface area contributed by atoms with E-state index in [9.17, 15) is 9.59 Å². The van der Waals surface area contributed by atoms with Gasteiger partial charge >= 0.3 is 6.09 Å². The first-order valence-electron chi connectivity index (χ1n) is 13.3. The first kappa shape index (κ1) is 28.0. The van der Waals surface area contributed by atoms with Crippen molar-refractivity contribution in [3.63, 3.8) is 0 Å². The van der Waals surface area contributed by atoms with Gasteiger partial charge in [-0.25, -0.2) is 9.78 Å². The monoisotopic (exact) mass is 535 g/mol. The molecule has 1 aromatic carbocycles. The molecule has 1 unspecified atom stereocenters. The van der Waals surface area contributed by atoms with Crippen LogP contribution in [-0.2, 0) is 17.8 Å². The number of ether oxygens (including phenoxy) is 2. The Hall–Kier alpha value is -4.02. The third kappa shape index (κ3) is 8.23. The average Bonchev–Trinajstić information content (AvgIpc) is 3.34. The number of nitrogens with zero attached hydrogens (tertiary/aromatic N) is 5. The number of hydrogen-bond donors (Lipinski definition) is 2. The number of rotatable bonds is 8. The van der Waals surface area contributed by atoms with E-state index in [4.69, 9.17) is 9.47 Å². The van der Waals surface area contributed by atoms with Gasteiger partial charge in [-0.1, -0.05) is 18.6 Å². The van der Waals surface area contributed by atoms with Crippen LogP contribution >= 0.6 is 0 Å². The Morgan fingerprint density at radius 1 is 1.15 bits per heavy atom. The van der Waals surface area contributed by atoms with Gasteiger partial charge in [-0.3, -0.25) is 4.79 Å². The molecule has 2 atom stereocenters. The maximum Gasteiger partial charge on any atom is 0.407 e. The van der Waals surface area contributed by atoms with Gasteiger partial charge in [0.1, 0.15) is 17.0 Å². The van der Waals surface area contributed by atoms with Gasteiger partial charge in [0.15, 0.2) is 0 Å². The van der Waals surface area contributed by atoms with Crippen molar-refractivity contribution in [1.29, 1.82) is 0 Å². The molecule has 0 aliphatic heterocycles. The fraction of sp³-hybridized carbons (Fsp3) is 0.500. The van der Waals surface area contributed by atoms with Gasteiger partial charge in [0.25, 0.3) is 5.91 Å². The van der Waals surface area contributed by atoms with Gasteiger partial charge in [-0.15, -0.1) is 10.2 Å². The standard InChI is InChI=1S/C28H37N7O4/c1-18-12-21(15-24(30-18)26(36)29-16-19-8-7-11-23(14-19)38-5)25-32-34-35(33-25)17-20-9-6-10-22(13-20)31-27(37)39-28(2,3)4/h7-8,11-12,14-15,20,22H,6,9-10,13,16-17H2,1-5H3,(H,29,36)(H,31,37)/t20?,22-/m1/s1. The zero-order valence-electron chi connectivity index (χ0n) is 23.2. The van der Waals surface area contributed by atoms with Crippen LogP contribution in [0, 0.1) is 12.8 Å². The highest BCUT2D eigenvalue weighted by atomic mass is 16.6. The lowest BCUT2D eigenvalue weighted by atomic mass is 9.86. The van der Waals surface area contributed by atoms with Crippen LogP contribution in [0.25, 0.3) is 11.4 Å². The number of benzene rings is 1. The minimum absolute atomic E-state index is 0.0579. The van der Waals surface area contributed by atoms with Crippen molar-refractivity contribution in [2.24, 2.45) is 5.92 Å². The minimum Gasteiger partial charge on any atom is -0.497 e. The molecule has 2 heterocycles. The van der Waals surface area contributed by atoms with Crippen molar-refractivity contribution in [2.75, 3.05) is 7.11 Å². The molecular formula is C28H37N7O4. The first-order valence-corrected chi connectivity index (χ1v) is 13.3. The van der Waals surface area contributed by atoms with E-state index in [1.807, 2.05) is 58.0 Å². The van der Waals surface area contributed by atoms with E-state index in [2.05, 4.69) is 31.0 Å². The molecule has 1 aliphatic carbocycles. The second kappa shape index (κ2) is 12.2. The van der Waals surface area contributed by atoms with Crippen molar-refractivity contribution in [1.82, 2.24) is 35.8 Å². The Morgan fingerprint density at radius 2 is 1.97 bits per heavy atom. The summed E-state index contributed by atoms with van der Waals surface area (Å²) in [5.74, 6) is 1.18. The highest BCUT2D eigenvalue weighted by Crippen LogP contribution is 2.26. The second-order valence-corrected chi connectivity index (χ2v) is 11.0. The number of nitrogens with one attached hydrogen (secondary N) is 2. The van der Waals surface area contributed by atoms with Crippen molar-refractivity contribution in [3.05, 3.63) is 53.3 Å². The summed E-state index contributed by atoms with van der Waals surface area (Å²) < 4.78 is 10.6. The normalized spacial score (nSPS) is 17.4. The number of hydrogen-bond acceptors (Lipinski definition) is 8. The number of carbonyl (C=O) groups excluding carboxylic acids is 2. The Kier molecular flexibility index (Phi) is 8.78. The summed E-state index contributed by atoms with van der Waals surface area (Å²) in [7, 11) is 1.61. The van der Waals surface area contributed by atoms with E-state index in [1.54, 1.807) is 18.0 Å². The zero-order valence-corrected chi connectivity index (χ0v) is 23.2. The number of alkyl carbamates (subject to hydrolysis) is 1. The van der Waals surface area contributed by atoms with Crippen LogP contribution in [0.5, 0.6) is 5.75 Å². The van der Waals surface area contributed by atoms with Gasteiger partial charge in [0, 0.05) is 23.8 Å². The summed E-state index contributed by atoms with van der Waals surface area (Å²) in [6, 6.07) is 11.1. The Balaban J connectivity index is 1.36. The van der Waals surface area contributed by atoms with E-state index in [1.165, 1.54) is 0 Å². The Bertz CT molecular complexity index is 1300. The third-order valence-electron chi connectivity index (χ3n) is 6.41. The smallest absolute Gasteiger partial charge is 0.407 e. The molecular weight excluding hydrogens is 498 g/mol. The molecule has 4 rings (SSSR count). The maximum absolute atomic E-state index is 12.9. The number of aromatic nitrogens is 5. The van der Waals surface area contributed by atoms with Crippen LogP contribution in [0.2, 0.25) is 0 Å². The van der Waals surface area contributed by atoms with Crippen LogP contribution < -0.4 is 15.4 Å². The van der Waals surface area contributed by atoms with Gasteiger partial charge in [0.05, 0.1) is 13.7 Å². The number of amides is 2. The molecule has 0 spiro atoms. The molecule has 1 saturated carbocycles. The molecule has 2 N–H and O–H groups in total. The summed E-state index contributed by atoms with van der Waals surface area (Å²) in [4.78, 5) is 31.0. The maximum atomic E-state index is 12.9. The summed E-state index contributed by atoms with van der Waals surface area (Å²) in [6.45, 7) is 8.33. The average molecular weight is 536 g/mol. The lowest BCUT2D eigenvalue weighted by molar-refractivity contribution is 0.0482. The van der Waals surface area contributed by atoms with E-state index < -0.39 is 5.60 Å².